The first-order valence-electron chi connectivity index (χ1n) is 6.91. The monoisotopic (exact) mass is 272 g/mol. The van der Waals surface area contributed by atoms with Crippen molar-refractivity contribution in [2.45, 2.75) is 26.7 Å². The number of nitrogens with zero attached hydrogens (tertiary/aromatic N) is 1. The Bertz CT molecular complexity index is 523. The van der Waals surface area contributed by atoms with Crippen LogP contribution in [0.4, 0.5) is 5.69 Å². The van der Waals surface area contributed by atoms with E-state index in [2.05, 4.69) is 5.32 Å². The third kappa shape index (κ3) is 3.95. The highest BCUT2D eigenvalue weighted by molar-refractivity contribution is 6.03. The molecule has 2 amide bonds. The Labute approximate surface area is 119 Å². The Hall–Kier alpha value is -2.10. The molecule has 1 aliphatic rings. The van der Waals surface area contributed by atoms with Gasteiger partial charge in [-0.1, -0.05) is 6.07 Å². The fraction of sp³-hybridized carbons (Fsp3) is 0.375. The zero-order valence-electron chi connectivity index (χ0n) is 12.0. The number of anilines is 1. The molecule has 1 aromatic carbocycles. The van der Waals surface area contributed by atoms with Gasteiger partial charge in [0.25, 0.3) is 0 Å². The molecule has 0 radical (unpaired) electrons. The van der Waals surface area contributed by atoms with Gasteiger partial charge >= 0.3 is 0 Å². The number of hydrogen-bond acceptors (Lipinski definition) is 2. The van der Waals surface area contributed by atoms with E-state index >= 15 is 0 Å². The number of likely N-dealkylation sites (tertiary alicyclic amines) is 1. The molecule has 1 aromatic rings. The predicted molar refractivity (Wildman–Crippen MR) is 79.5 cm³/mol. The van der Waals surface area contributed by atoms with Gasteiger partial charge in [-0.25, -0.2) is 0 Å². The average Bonchev–Trinajstić information content (AvgIpc) is 2.88. The van der Waals surface area contributed by atoms with Crippen LogP contribution in [0.15, 0.2) is 30.4 Å². The van der Waals surface area contributed by atoms with Crippen LogP contribution in [0.25, 0.3) is 0 Å². The zero-order valence-corrected chi connectivity index (χ0v) is 12.0. The maximum atomic E-state index is 11.8. The number of nitrogens with one attached hydrogen (secondary N) is 1. The molecule has 0 spiro atoms. The number of carbonyl (C=O) groups is 2. The van der Waals surface area contributed by atoms with Gasteiger partial charge in [-0.3, -0.25) is 9.59 Å². The lowest BCUT2D eigenvalue weighted by Crippen LogP contribution is -2.26. The van der Waals surface area contributed by atoms with Crippen molar-refractivity contribution in [2.24, 2.45) is 0 Å². The molecule has 2 rings (SSSR count). The van der Waals surface area contributed by atoms with E-state index in [-0.39, 0.29) is 11.8 Å². The molecule has 0 saturated carbocycles. The van der Waals surface area contributed by atoms with Gasteiger partial charge in [0.15, 0.2) is 0 Å². The van der Waals surface area contributed by atoms with E-state index in [4.69, 9.17) is 0 Å². The molecule has 4 heteroatoms. The summed E-state index contributed by atoms with van der Waals surface area (Å²) in [5.74, 6) is -0.361. The van der Waals surface area contributed by atoms with Crippen LogP contribution in [-0.2, 0) is 9.59 Å². The Balaban J connectivity index is 1.92. The van der Waals surface area contributed by atoms with Crippen LogP contribution >= 0.6 is 0 Å². The van der Waals surface area contributed by atoms with Gasteiger partial charge in [0.1, 0.15) is 0 Å². The molecule has 106 valence electrons. The van der Waals surface area contributed by atoms with Crippen LogP contribution in [0.2, 0.25) is 0 Å². The Kier molecular flexibility index (Phi) is 4.56. The highest BCUT2D eigenvalue weighted by Gasteiger charge is 2.15. The number of aryl methyl sites for hydroxylation is 2. The summed E-state index contributed by atoms with van der Waals surface area (Å²) in [7, 11) is 0. The molecule has 1 N–H and O–H groups in total. The lowest BCUT2D eigenvalue weighted by Gasteiger charge is -2.11. The van der Waals surface area contributed by atoms with Crippen molar-refractivity contribution in [2.75, 3.05) is 18.4 Å². The Morgan fingerprint density at radius 2 is 1.65 bits per heavy atom. The van der Waals surface area contributed by atoms with Crippen LogP contribution in [0.5, 0.6) is 0 Å². The topological polar surface area (TPSA) is 49.4 Å². The molecule has 0 aromatic heterocycles. The quantitative estimate of drug-likeness (QED) is 0.859. The van der Waals surface area contributed by atoms with Gasteiger partial charge in [-0.05, 0) is 49.9 Å². The summed E-state index contributed by atoms with van der Waals surface area (Å²) in [6.45, 7) is 5.55. The second-order valence-corrected chi connectivity index (χ2v) is 5.23. The van der Waals surface area contributed by atoms with Crippen molar-refractivity contribution in [1.29, 1.82) is 0 Å². The first-order chi connectivity index (χ1) is 9.54. The van der Waals surface area contributed by atoms with Crippen molar-refractivity contribution < 1.29 is 9.59 Å². The predicted octanol–water partition coefficient (Wildman–Crippen LogP) is 2.42. The third-order valence-corrected chi connectivity index (χ3v) is 3.28. The summed E-state index contributed by atoms with van der Waals surface area (Å²) in [4.78, 5) is 25.3. The maximum absolute atomic E-state index is 11.8. The van der Waals surface area contributed by atoms with Crippen molar-refractivity contribution in [3.05, 3.63) is 41.5 Å². The summed E-state index contributed by atoms with van der Waals surface area (Å²) in [5.41, 5.74) is 2.95. The molecule has 4 nitrogen and oxygen atoms in total. The van der Waals surface area contributed by atoms with E-state index in [0.29, 0.717) is 0 Å². The minimum Gasteiger partial charge on any atom is -0.339 e. The molecule has 20 heavy (non-hydrogen) atoms. The fourth-order valence-electron chi connectivity index (χ4n) is 2.42. The summed E-state index contributed by atoms with van der Waals surface area (Å²) >= 11 is 0. The van der Waals surface area contributed by atoms with Gasteiger partial charge in [0, 0.05) is 30.9 Å². The minimum atomic E-state index is -0.275. The number of benzene rings is 1. The van der Waals surface area contributed by atoms with Crippen molar-refractivity contribution >= 4 is 17.5 Å². The van der Waals surface area contributed by atoms with Crippen LogP contribution in [-0.4, -0.2) is 29.8 Å². The van der Waals surface area contributed by atoms with E-state index < -0.39 is 0 Å². The van der Waals surface area contributed by atoms with Gasteiger partial charge in [-0.15, -0.1) is 0 Å². The van der Waals surface area contributed by atoms with Gasteiger partial charge in [0.2, 0.25) is 11.8 Å². The van der Waals surface area contributed by atoms with Crippen LogP contribution in [0.3, 0.4) is 0 Å². The molecule has 0 atom stereocenters. The SMILES string of the molecule is Cc1cc(C)cc(NC(=O)C=CC(=O)N2CCCC2)c1. The largest absolute Gasteiger partial charge is 0.339 e. The average molecular weight is 272 g/mol. The number of carbonyl (C=O) groups excluding carboxylic acids is 2. The second kappa shape index (κ2) is 6.37. The van der Waals surface area contributed by atoms with Gasteiger partial charge in [-0.2, -0.15) is 0 Å². The van der Waals surface area contributed by atoms with Crippen LogP contribution < -0.4 is 5.32 Å². The third-order valence-electron chi connectivity index (χ3n) is 3.28. The van der Waals surface area contributed by atoms with Gasteiger partial charge in [0.05, 0.1) is 0 Å². The van der Waals surface area contributed by atoms with E-state index in [1.54, 1.807) is 4.90 Å². The molecule has 0 unspecified atom stereocenters. The van der Waals surface area contributed by atoms with E-state index in [0.717, 1.165) is 42.7 Å². The highest BCUT2D eigenvalue weighted by Crippen LogP contribution is 2.13. The molecule has 1 heterocycles. The van der Waals surface area contributed by atoms with E-state index in [1.807, 2.05) is 32.0 Å². The van der Waals surface area contributed by atoms with Crippen LogP contribution in [0.1, 0.15) is 24.0 Å². The van der Waals surface area contributed by atoms with Crippen LogP contribution in [0, 0.1) is 13.8 Å². The lowest BCUT2D eigenvalue weighted by molar-refractivity contribution is -0.125. The molecular weight excluding hydrogens is 252 g/mol. The summed E-state index contributed by atoms with van der Waals surface area (Å²) in [6.07, 6.45) is 4.75. The number of rotatable bonds is 3. The molecular formula is C16H20N2O2. The summed E-state index contributed by atoms with van der Waals surface area (Å²) < 4.78 is 0. The smallest absolute Gasteiger partial charge is 0.248 e. The number of hydrogen-bond donors (Lipinski definition) is 1. The Morgan fingerprint density at radius 1 is 1.05 bits per heavy atom. The summed E-state index contributed by atoms with van der Waals surface area (Å²) in [6, 6.07) is 5.85. The molecule has 1 fully saturated rings. The van der Waals surface area contributed by atoms with Crippen molar-refractivity contribution in [1.82, 2.24) is 4.90 Å². The maximum Gasteiger partial charge on any atom is 0.248 e. The lowest BCUT2D eigenvalue weighted by atomic mass is 10.1. The first kappa shape index (κ1) is 14.3. The standard InChI is InChI=1S/C16H20N2O2/c1-12-9-13(2)11-14(10-12)17-15(19)5-6-16(20)18-7-3-4-8-18/h5-6,9-11H,3-4,7-8H2,1-2H3,(H,17,19). The van der Waals surface area contributed by atoms with Gasteiger partial charge < -0.3 is 10.2 Å². The normalized spacial score (nSPS) is 14.8. The molecule has 1 aliphatic heterocycles. The zero-order chi connectivity index (χ0) is 14.5. The molecule has 0 aliphatic carbocycles. The highest BCUT2D eigenvalue weighted by atomic mass is 16.2. The minimum absolute atomic E-state index is 0.0851. The molecule has 0 bridgehead atoms. The van der Waals surface area contributed by atoms with E-state index in [1.165, 1.54) is 12.2 Å². The Morgan fingerprint density at radius 3 is 2.25 bits per heavy atom. The molecule has 1 saturated heterocycles. The van der Waals surface area contributed by atoms with Crippen molar-refractivity contribution in [3.8, 4) is 0 Å². The first-order valence-corrected chi connectivity index (χ1v) is 6.91. The fourth-order valence-corrected chi connectivity index (χ4v) is 2.42. The summed E-state index contributed by atoms with van der Waals surface area (Å²) in [5, 5.41) is 2.77. The second-order valence-electron chi connectivity index (χ2n) is 5.23. The number of amides is 2. The van der Waals surface area contributed by atoms with E-state index in [9.17, 15) is 9.59 Å². The van der Waals surface area contributed by atoms with Crippen molar-refractivity contribution in [3.63, 3.8) is 0 Å².